The molecule has 1 fully saturated rings. The van der Waals surface area contributed by atoms with Crippen LogP contribution < -0.4 is 4.74 Å². The van der Waals surface area contributed by atoms with Crippen LogP contribution >= 0.6 is 0 Å². The smallest absolute Gasteiger partial charge is 0.119 e. The summed E-state index contributed by atoms with van der Waals surface area (Å²) in [4.78, 5) is 0. The van der Waals surface area contributed by atoms with Crippen molar-refractivity contribution in [2.45, 2.75) is 39.2 Å². The lowest BCUT2D eigenvalue weighted by Gasteiger charge is -2.44. The summed E-state index contributed by atoms with van der Waals surface area (Å²) in [6, 6.07) is 8.44. The van der Waals surface area contributed by atoms with Crippen molar-refractivity contribution in [1.29, 1.82) is 0 Å². The van der Waals surface area contributed by atoms with Crippen LogP contribution in [0.25, 0.3) is 0 Å². The molecular weight excluding hydrogens is 212 g/mol. The zero-order chi connectivity index (χ0) is 12.5. The summed E-state index contributed by atoms with van der Waals surface area (Å²) in [5.41, 5.74) is 1.33. The summed E-state index contributed by atoms with van der Waals surface area (Å²) in [6.45, 7) is 10.2. The first-order valence-corrected chi connectivity index (χ1v) is 6.36. The Morgan fingerprint density at radius 3 is 2.35 bits per heavy atom. The van der Waals surface area contributed by atoms with Gasteiger partial charge in [-0.2, -0.15) is 0 Å². The fraction of sp³-hybridized carbons (Fsp3) is 0.600. The molecule has 0 aromatic heterocycles. The fourth-order valence-corrected chi connectivity index (χ4v) is 2.06. The molecule has 1 aliphatic heterocycles. The van der Waals surface area contributed by atoms with Crippen LogP contribution in [-0.4, -0.2) is 18.8 Å². The van der Waals surface area contributed by atoms with Gasteiger partial charge in [0, 0.05) is 5.92 Å². The predicted octanol–water partition coefficient (Wildman–Crippen LogP) is 3.61. The molecule has 0 aliphatic carbocycles. The minimum atomic E-state index is -0.0136. The molecule has 0 radical (unpaired) electrons. The topological polar surface area (TPSA) is 18.5 Å². The quantitative estimate of drug-likeness (QED) is 0.792. The Balaban J connectivity index is 1.98. The molecule has 0 bridgehead atoms. The second-order valence-electron chi connectivity index (χ2n) is 5.74. The van der Waals surface area contributed by atoms with Crippen molar-refractivity contribution in [3.63, 3.8) is 0 Å². The Bertz CT molecular complexity index is 365. The van der Waals surface area contributed by atoms with Gasteiger partial charge in [0.2, 0.25) is 0 Å². The van der Waals surface area contributed by atoms with Gasteiger partial charge in [-0.25, -0.2) is 0 Å². The van der Waals surface area contributed by atoms with Crippen LogP contribution in [0.3, 0.4) is 0 Å². The minimum Gasteiger partial charge on any atom is -0.493 e. The van der Waals surface area contributed by atoms with Gasteiger partial charge in [-0.1, -0.05) is 26.0 Å². The summed E-state index contributed by atoms with van der Waals surface area (Å²) in [7, 11) is 0. The van der Waals surface area contributed by atoms with Gasteiger partial charge in [-0.15, -0.1) is 0 Å². The molecule has 1 saturated heterocycles. The van der Waals surface area contributed by atoms with Crippen LogP contribution in [0.5, 0.6) is 5.75 Å². The summed E-state index contributed by atoms with van der Waals surface area (Å²) in [6.07, 6.45) is 0. The lowest BCUT2D eigenvalue weighted by atomic mass is 9.80. The van der Waals surface area contributed by atoms with E-state index in [-0.39, 0.29) is 5.60 Å². The molecular formula is C15H22O2. The van der Waals surface area contributed by atoms with Crippen LogP contribution in [0.4, 0.5) is 0 Å². The maximum atomic E-state index is 5.67. The van der Waals surface area contributed by atoms with E-state index in [4.69, 9.17) is 9.47 Å². The SMILES string of the molecule is CC(C)COc1ccc(C2COC2(C)C)cc1. The van der Waals surface area contributed by atoms with Crippen LogP contribution in [0.15, 0.2) is 24.3 Å². The highest BCUT2D eigenvalue weighted by molar-refractivity contribution is 5.32. The molecule has 2 nitrogen and oxygen atoms in total. The first-order chi connectivity index (χ1) is 7.99. The van der Waals surface area contributed by atoms with Gasteiger partial charge in [-0.05, 0) is 37.5 Å². The van der Waals surface area contributed by atoms with Gasteiger partial charge >= 0.3 is 0 Å². The number of rotatable bonds is 4. The molecule has 0 amide bonds. The summed E-state index contributed by atoms with van der Waals surface area (Å²) >= 11 is 0. The van der Waals surface area contributed by atoms with Crippen molar-refractivity contribution in [2.24, 2.45) is 5.92 Å². The summed E-state index contributed by atoms with van der Waals surface area (Å²) < 4.78 is 11.2. The fourth-order valence-electron chi connectivity index (χ4n) is 2.06. The molecule has 2 heteroatoms. The van der Waals surface area contributed by atoms with E-state index in [0.29, 0.717) is 11.8 Å². The molecule has 0 N–H and O–H groups in total. The Kier molecular flexibility index (Phi) is 3.43. The number of ether oxygens (including phenoxy) is 2. The highest BCUT2D eigenvalue weighted by Gasteiger charge is 2.40. The zero-order valence-corrected chi connectivity index (χ0v) is 11.2. The molecule has 1 heterocycles. The molecule has 1 aliphatic rings. The van der Waals surface area contributed by atoms with Crippen molar-refractivity contribution in [3.05, 3.63) is 29.8 Å². The minimum absolute atomic E-state index is 0.0136. The molecule has 2 rings (SSSR count). The van der Waals surface area contributed by atoms with Gasteiger partial charge in [0.25, 0.3) is 0 Å². The molecule has 1 aromatic carbocycles. The molecule has 1 aromatic rings. The highest BCUT2D eigenvalue weighted by atomic mass is 16.5. The van der Waals surface area contributed by atoms with E-state index in [1.165, 1.54) is 5.56 Å². The molecule has 1 atom stereocenters. The van der Waals surface area contributed by atoms with E-state index < -0.39 is 0 Å². The van der Waals surface area contributed by atoms with E-state index in [1.807, 2.05) is 0 Å². The third kappa shape index (κ3) is 2.81. The largest absolute Gasteiger partial charge is 0.493 e. The Morgan fingerprint density at radius 1 is 1.29 bits per heavy atom. The van der Waals surface area contributed by atoms with E-state index in [2.05, 4.69) is 52.0 Å². The molecule has 17 heavy (non-hydrogen) atoms. The number of hydrogen-bond donors (Lipinski definition) is 0. The van der Waals surface area contributed by atoms with Crippen LogP contribution in [0.1, 0.15) is 39.2 Å². The first kappa shape index (κ1) is 12.4. The van der Waals surface area contributed by atoms with Crippen LogP contribution in [0, 0.1) is 5.92 Å². The molecule has 94 valence electrons. The van der Waals surface area contributed by atoms with E-state index in [1.54, 1.807) is 0 Å². The second-order valence-corrected chi connectivity index (χ2v) is 5.74. The van der Waals surface area contributed by atoms with Crippen LogP contribution in [-0.2, 0) is 4.74 Å². The Morgan fingerprint density at radius 2 is 1.94 bits per heavy atom. The average molecular weight is 234 g/mol. The molecule has 0 saturated carbocycles. The number of benzene rings is 1. The normalized spacial score (nSPS) is 22.3. The summed E-state index contributed by atoms with van der Waals surface area (Å²) in [5.74, 6) is 2.04. The Labute approximate surface area is 104 Å². The van der Waals surface area contributed by atoms with E-state index in [9.17, 15) is 0 Å². The van der Waals surface area contributed by atoms with E-state index in [0.717, 1.165) is 19.0 Å². The standard InChI is InChI=1S/C15H22O2/c1-11(2)9-16-13-7-5-12(6-8-13)14-10-17-15(14,3)4/h5-8,11,14H,9-10H2,1-4H3. The highest BCUT2D eigenvalue weighted by Crippen LogP contribution is 2.40. The van der Waals surface area contributed by atoms with Gasteiger partial charge in [0.1, 0.15) is 5.75 Å². The maximum absolute atomic E-state index is 5.67. The summed E-state index contributed by atoms with van der Waals surface area (Å²) in [5, 5.41) is 0. The molecule has 1 unspecified atom stereocenters. The average Bonchev–Trinajstić information content (AvgIpc) is 2.27. The monoisotopic (exact) mass is 234 g/mol. The van der Waals surface area contributed by atoms with Gasteiger partial charge in [0.05, 0.1) is 18.8 Å². The maximum Gasteiger partial charge on any atom is 0.119 e. The van der Waals surface area contributed by atoms with Crippen LogP contribution in [0.2, 0.25) is 0 Å². The predicted molar refractivity (Wildman–Crippen MR) is 69.5 cm³/mol. The van der Waals surface area contributed by atoms with E-state index >= 15 is 0 Å². The molecule has 0 spiro atoms. The third-order valence-electron chi connectivity index (χ3n) is 3.33. The van der Waals surface area contributed by atoms with Crippen molar-refractivity contribution in [1.82, 2.24) is 0 Å². The van der Waals surface area contributed by atoms with Crippen molar-refractivity contribution in [2.75, 3.05) is 13.2 Å². The third-order valence-corrected chi connectivity index (χ3v) is 3.33. The van der Waals surface area contributed by atoms with Gasteiger partial charge in [0.15, 0.2) is 0 Å². The lowest BCUT2D eigenvalue weighted by molar-refractivity contribution is -0.145. The van der Waals surface area contributed by atoms with Crippen molar-refractivity contribution >= 4 is 0 Å². The second kappa shape index (κ2) is 4.69. The van der Waals surface area contributed by atoms with Crippen molar-refractivity contribution in [3.8, 4) is 5.75 Å². The Hall–Kier alpha value is -1.02. The number of hydrogen-bond acceptors (Lipinski definition) is 2. The van der Waals surface area contributed by atoms with Gasteiger partial charge < -0.3 is 9.47 Å². The van der Waals surface area contributed by atoms with Crippen molar-refractivity contribution < 1.29 is 9.47 Å². The first-order valence-electron chi connectivity index (χ1n) is 6.36. The lowest BCUT2D eigenvalue weighted by Crippen LogP contribution is -2.46. The van der Waals surface area contributed by atoms with Gasteiger partial charge in [-0.3, -0.25) is 0 Å². The zero-order valence-electron chi connectivity index (χ0n) is 11.2.